The van der Waals surface area contributed by atoms with E-state index in [1.807, 2.05) is 19.9 Å². The molecule has 7 heteroatoms. The Morgan fingerprint density at radius 2 is 2.00 bits per heavy atom. The SMILES string of the molecule is COc1ccc(/C=C/C(=O)OCC(=O)c2cc(C)n(CC3CCCO3)c2C)c(OC)c1. The van der Waals surface area contributed by atoms with Gasteiger partial charge in [0, 0.05) is 47.8 Å². The lowest BCUT2D eigenvalue weighted by atomic mass is 10.1. The molecule has 2 aromatic rings. The minimum absolute atomic E-state index is 0.186. The second kappa shape index (κ2) is 10.3. The van der Waals surface area contributed by atoms with Gasteiger partial charge < -0.3 is 23.5 Å². The number of hydrogen-bond donors (Lipinski definition) is 0. The first-order valence-electron chi connectivity index (χ1n) is 10.3. The molecule has 1 aliphatic heterocycles. The van der Waals surface area contributed by atoms with Crippen LogP contribution in [0.4, 0.5) is 0 Å². The number of ketones is 1. The number of esters is 1. The summed E-state index contributed by atoms with van der Waals surface area (Å²) in [6.07, 6.45) is 5.15. The van der Waals surface area contributed by atoms with Gasteiger partial charge in [0.15, 0.2) is 6.61 Å². The zero-order valence-electron chi connectivity index (χ0n) is 18.5. The highest BCUT2D eigenvalue weighted by molar-refractivity contribution is 6.00. The summed E-state index contributed by atoms with van der Waals surface area (Å²) in [6.45, 7) is 5.09. The van der Waals surface area contributed by atoms with E-state index in [1.165, 1.54) is 6.08 Å². The molecule has 1 aromatic heterocycles. The van der Waals surface area contributed by atoms with Crippen LogP contribution in [0.25, 0.3) is 6.08 Å². The van der Waals surface area contributed by atoms with Crippen LogP contribution in [-0.4, -0.2) is 49.9 Å². The van der Waals surface area contributed by atoms with Gasteiger partial charge in [0.05, 0.1) is 20.3 Å². The van der Waals surface area contributed by atoms with Gasteiger partial charge in [0.1, 0.15) is 11.5 Å². The van der Waals surface area contributed by atoms with Gasteiger partial charge in [0.25, 0.3) is 0 Å². The normalized spacial score (nSPS) is 15.9. The van der Waals surface area contributed by atoms with Crippen molar-refractivity contribution in [3.8, 4) is 11.5 Å². The summed E-state index contributed by atoms with van der Waals surface area (Å²) in [7, 11) is 3.11. The van der Waals surface area contributed by atoms with Crippen LogP contribution < -0.4 is 9.47 Å². The molecule has 0 saturated carbocycles. The summed E-state index contributed by atoms with van der Waals surface area (Å²) in [5, 5.41) is 0. The average Bonchev–Trinajstić information content (AvgIpc) is 3.39. The van der Waals surface area contributed by atoms with Crippen LogP contribution >= 0.6 is 0 Å². The fourth-order valence-electron chi connectivity index (χ4n) is 3.73. The molecule has 1 aliphatic rings. The quantitative estimate of drug-likeness (QED) is 0.345. The maximum absolute atomic E-state index is 12.6. The van der Waals surface area contributed by atoms with Crippen molar-refractivity contribution in [3.05, 3.63) is 52.9 Å². The lowest BCUT2D eigenvalue weighted by Crippen LogP contribution is -2.18. The fourth-order valence-corrected chi connectivity index (χ4v) is 3.73. The number of methoxy groups -OCH3 is 2. The van der Waals surface area contributed by atoms with Gasteiger partial charge in [-0.1, -0.05) is 0 Å². The second-order valence-corrected chi connectivity index (χ2v) is 7.50. The van der Waals surface area contributed by atoms with E-state index in [0.717, 1.165) is 37.4 Å². The van der Waals surface area contributed by atoms with Crippen LogP contribution in [-0.2, 0) is 20.8 Å². The first kappa shape index (κ1) is 22.6. The molecule has 1 atom stereocenters. The topological polar surface area (TPSA) is 76.0 Å². The number of nitrogens with zero attached hydrogens (tertiary/aromatic N) is 1. The van der Waals surface area contributed by atoms with Crippen molar-refractivity contribution in [1.82, 2.24) is 4.57 Å². The molecule has 3 rings (SSSR count). The largest absolute Gasteiger partial charge is 0.497 e. The Bertz CT molecular complexity index is 969. The second-order valence-electron chi connectivity index (χ2n) is 7.50. The number of carbonyl (C=O) groups excluding carboxylic acids is 2. The summed E-state index contributed by atoms with van der Waals surface area (Å²) in [4.78, 5) is 24.8. The highest BCUT2D eigenvalue weighted by Gasteiger charge is 2.21. The first-order valence-corrected chi connectivity index (χ1v) is 10.3. The van der Waals surface area contributed by atoms with Crippen LogP contribution in [0.2, 0.25) is 0 Å². The van der Waals surface area contributed by atoms with Crippen molar-refractivity contribution in [2.24, 2.45) is 0 Å². The van der Waals surface area contributed by atoms with Gasteiger partial charge in [-0.3, -0.25) is 4.79 Å². The summed E-state index contributed by atoms with van der Waals surface area (Å²) >= 11 is 0. The van der Waals surface area contributed by atoms with E-state index in [4.69, 9.17) is 18.9 Å². The number of aromatic nitrogens is 1. The molecule has 1 saturated heterocycles. The van der Waals surface area contributed by atoms with Crippen LogP contribution in [0.15, 0.2) is 30.3 Å². The Balaban J connectivity index is 1.59. The van der Waals surface area contributed by atoms with Crippen LogP contribution in [0, 0.1) is 13.8 Å². The molecule has 0 amide bonds. The zero-order chi connectivity index (χ0) is 22.4. The highest BCUT2D eigenvalue weighted by Crippen LogP contribution is 2.25. The number of hydrogen-bond acceptors (Lipinski definition) is 6. The Morgan fingerprint density at radius 3 is 2.68 bits per heavy atom. The smallest absolute Gasteiger partial charge is 0.331 e. The fraction of sp³-hybridized carbons (Fsp3) is 0.417. The molecule has 2 heterocycles. The molecular weight excluding hydrogens is 398 g/mol. The van der Waals surface area contributed by atoms with Crippen molar-refractivity contribution >= 4 is 17.8 Å². The van der Waals surface area contributed by atoms with Gasteiger partial charge in [-0.2, -0.15) is 0 Å². The van der Waals surface area contributed by atoms with Crippen molar-refractivity contribution in [1.29, 1.82) is 0 Å². The minimum Gasteiger partial charge on any atom is -0.497 e. The van der Waals surface area contributed by atoms with E-state index in [-0.39, 0.29) is 18.5 Å². The van der Waals surface area contributed by atoms with E-state index < -0.39 is 5.97 Å². The van der Waals surface area contributed by atoms with Crippen molar-refractivity contribution < 1.29 is 28.5 Å². The predicted molar refractivity (Wildman–Crippen MR) is 117 cm³/mol. The number of Topliss-reactive ketones (excluding diaryl/α,β-unsaturated/α-hetero) is 1. The highest BCUT2D eigenvalue weighted by atomic mass is 16.5. The third-order valence-corrected chi connectivity index (χ3v) is 5.47. The molecule has 0 N–H and O–H groups in total. The minimum atomic E-state index is -0.598. The summed E-state index contributed by atoms with van der Waals surface area (Å²) < 4.78 is 23.4. The molecule has 166 valence electrons. The zero-order valence-corrected chi connectivity index (χ0v) is 18.5. The van der Waals surface area contributed by atoms with Crippen molar-refractivity contribution in [2.75, 3.05) is 27.4 Å². The molecule has 7 nitrogen and oxygen atoms in total. The molecule has 0 bridgehead atoms. The van der Waals surface area contributed by atoms with E-state index in [9.17, 15) is 9.59 Å². The molecule has 0 radical (unpaired) electrons. The molecule has 1 fully saturated rings. The standard InChI is InChI=1S/C24H29NO6/c1-16-12-21(17(2)25(16)14-20-6-5-11-30-20)22(26)15-31-24(27)10-8-18-7-9-19(28-3)13-23(18)29-4/h7-10,12-13,20H,5-6,11,14-15H2,1-4H3/b10-8+. The molecule has 0 aliphatic carbocycles. The Hall–Kier alpha value is -3.06. The summed E-state index contributed by atoms with van der Waals surface area (Å²) in [5.41, 5.74) is 3.13. The average molecular weight is 427 g/mol. The third-order valence-electron chi connectivity index (χ3n) is 5.47. The van der Waals surface area contributed by atoms with Gasteiger partial charge in [-0.05, 0) is 51.0 Å². The predicted octanol–water partition coefficient (Wildman–Crippen LogP) is 3.74. The molecule has 1 unspecified atom stereocenters. The van der Waals surface area contributed by atoms with Gasteiger partial charge >= 0.3 is 5.97 Å². The Kier molecular flexibility index (Phi) is 7.52. The van der Waals surface area contributed by atoms with E-state index >= 15 is 0 Å². The van der Waals surface area contributed by atoms with Gasteiger partial charge in [-0.15, -0.1) is 0 Å². The summed E-state index contributed by atoms with van der Waals surface area (Å²) in [5.74, 6) is 0.396. The number of carbonyl (C=O) groups is 2. The lowest BCUT2D eigenvalue weighted by Gasteiger charge is -2.14. The summed E-state index contributed by atoms with van der Waals surface area (Å²) in [6, 6.07) is 7.11. The van der Waals surface area contributed by atoms with Gasteiger partial charge in [0.2, 0.25) is 5.78 Å². The molecule has 31 heavy (non-hydrogen) atoms. The van der Waals surface area contributed by atoms with Crippen LogP contribution in [0.5, 0.6) is 11.5 Å². The Labute approximate surface area is 182 Å². The van der Waals surface area contributed by atoms with Crippen LogP contribution in [0.1, 0.15) is 40.2 Å². The number of aryl methyl sites for hydroxylation is 1. The van der Waals surface area contributed by atoms with Gasteiger partial charge in [-0.25, -0.2) is 4.79 Å². The number of ether oxygens (including phenoxy) is 4. The molecular formula is C24H29NO6. The van der Waals surface area contributed by atoms with Crippen molar-refractivity contribution in [2.45, 2.75) is 39.3 Å². The Morgan fingerprint density at radius 1 is 1.19 bits per heavy atom. The van der Waals surface area contributed by atoms with E-state index in [2.05, 4.69) is 4.57 Å². The third kappa shape index (κ3) is 5.55. The van der Waals surface area contributed by atoms with Crippen molar-refractivity contribution in [3.63, 3.8) is 0 Å². The maximum atomic E-state index is 12.6. The first-order chi connectivity index (χ1) is 14.9. The number of rotatable bonds is 9. The number of benzene rings is 1. The molecule has 1 aromatic carbocycles. The van der Waals surface area contributed by atoms with Crippen LogP contribution in [0.3, 0.4) is 0 Å². The van der Waals surface area contributed by atoms with E-state index in [1.54, 1.807) is 38.5 Å². The lowest BCUT2D eigenvalue weighted by molar-refractivity contribution is -0.136. The van der Waals surface area contributed by atoms with E-state index in [0.29, 0.717) is 22.6 Å². The monoisotopic (exact) mass is 427 g/mol. The molecule has 0 spiro atoms. The maximum Gasteiger partial charge on any atom is 0.331 e.